The predicted octanol–water partition coefficient (Wildman–Crippen LogP) is 9.89. The number of nitriles is 1. The number of fused-ring (bicyclic) bond motifs is 2. The number of carbonyl (C=O) groups is 2. The molecule has 0 saturated carbocycles. The second kappa shape index (κ2) is 22.1. The topological polar surface area (TPSA) is 131 Å². The van der Waals surface area contributed by atoms with Crippen molar-refractivity contribution in [2.24, 2.45) is 0 Å². The maximum Gasteiger partial charge on any atom is 0.259 e. The first kappa shape index (κ1) is 46.1. The number of rotatable bonds is 23. The minimum absolute atomic E-state index is 0.180. The molecule has 0 bridgehead atoms. The highest BCUT2D eigenvalue weighted by Crippen LogP contribution is 2.46. The average molecular weight is 857 g/mol. The number of hydrogen-bond donors (Lipinski definition) is 2. The van der Waals surface area contributed by atoms with Crippen LogP contribution in [0.25, 0.3) is 0 Å². The van der Waals surface area contributed by atoms with Crippen molar-refractivity contribution in [2.45, 2.75) is 70.8 Å². The van der Waals surface area contributed by atoms with E-state index in [1.165, 1.54) is 0 Å². The summed E-state index contributed by atoms with van der Waals surface area (Å²) >= 11 is 0. The fourth-order valence-corrected chi connectivity index (χ4v) is 9.52. The van der Waals surface area contributed by atoms with Crippen LogP contribution in [0.4, 0.5) is 5.69 Å². The smallest absolute Gasteiger partial charge is 0.259 e. The Morgan fingerprint density at radius 1 is 0.661 bits per heavy atom. The molecule has 12 heteroatoms. The van der Waals surface area contributed by atoms with Gasteiger partial charge in [0.15, 0.2) is 11.6 Å². The van der Waals surface area contributed by atoms with Crippen molar-refractivity contribution in [1.29, 1.82) is 5.26 Å². The molecule has 62 heavy (non-hydrogen) atoms. The van der Waals surface area contributed by atoms with Crippen molar-refractivity contribution in [2.75, 3.05) is 45.9 Å². The van der Waals surface area contributed by atoms with Gasteiger partial charge >= 0.3 is 0 Å². The zero-order valence-electron chi connectivity index (χ0n) is 36.4. The van der Waals surface area contributed by atoms with Gasteiger partial charge in [0, 0.05) is 40.9 Å². The van der Waals surface area contributed by atoms with E-state index in [9.17, 15) is 9.59 Å². The molecule has 0 aliphatic heterocycles. The molecule has 11 nitrogen and oxygen atoms in total. The SMILES string of the molecule is COc1ccc(C(OCCC(NCCCOP(OCCC#N)N(C(C)C)C(C)C)Nc2cccc3c2C(=O)c2ccccc2C3=O)(c2ccccc2)c2ccc(OC)cc2)cc1. The van der Waals surface area contributed by atoms with Crippen molar-refractivity contribution in [3.63, 3.8) is 0 Å². The van der Waals surface area contributed by atoms with Crippen molar-refractivity contribution < 1.29 is 32.8 Å². The van der Waals surface area contributed by atoms with Crippen molar-refractivity contribution >= 4 is 25.8 Å². The van der Waals surface area contributed by atoms with Crippen LogP contribution >= 0.6 is 8.53 Å². The Labute approximate surface area is 367 Å². The van der Waals surface area contributed by atoms with Gasteiger partial charge in [-0.1, -0.05) is 91.0 Å². The summed E-state index contributed by atoms with van der Waals surface area (Å²) in [6.07, 6.45) is 0.988. The summed E-state index contributed by atoms with van der Waals surface area (Å²) < 4.78 is 33.0. The highest BCUT2D eigenvalue weighted by molar-refractivity contribution is 7.44. The molecule has 0 fully saturated rings. The normalized spacial score (nSPS) is 13.4. The molecule has 2 unspecified atom stereocenters. The zero-order valence-corrected chi connectivity index (χ0v) is 37.3. The molecule has 1 aliphatic rings. The molecule has 5 aromatic rings. The van der Waals surface area contributed by atoms with E-state index >= 15 is 0 Å². The van der Waals surface area contributed by atoms with Crippen LogP contribution in [0.15, 0.2) is 121 Å². The molecule has 0 saturated heterocycles. The summed E-state index contributed by atoms with van der Waals surface area (Å²) in [7, 11) is 1.91. The number of ketones is 2. The van der Waals surface area contributed by atoms with Crippen molar-refractivity contribution in [3.05, 3.63) is 160 Å². The fraction of sp³-hybridized carbons (Fsp3) is 0.340. The van der Waals surface area contributed by atoms with E-state index in [0.29, 0.717) is 60.5 Å². The van der Waals surface area contributed by atoms with Crippen LogP contribution in [0.1, 0.15) is 95.5 Å². The largest absolute Gasteiger partial charge is 0.497 e. The minimum Gasteiger partial charge on any atom is -0.497 e. The van der Waals surface area contributed by atoms with E-state index in [1.807, 2.05) is 72.8 Å². The third kappa shape index (κ3) is 10.6. The maximum atomic E-state index is 14.1. The van der Waals surface area contributed by atoms with Gasteiger partial charge in [-0.3, -0.25) is 14.9 Å². The molecule has 0 amide bonds. The van der Waals surface area contributed by atoms with Gasteiger partial charge in [-0.05, 0) is 87.7 Å². The summed E-state index contributed by atoms with van der Waals surface area (Å²) in [5, 5.41) is 16.4. The first-order chi connectivity index (χ1) is 30.1. The van der Waals surface area contributed by atoms with Gasteiger partial charge in [0.1, 0.15) is 17.1 Å². The number of methoxy groups -OCH3 is 2. The third-order valence-corrected chi connectivity index (χ3v) is 12.9. The number of nitrogens with zero attached hydrogens (tertiary/aromatic N) is 2. The number of hydrogen-bond acceptors (Lipinski definition) is 11. The van der Waals surface area contributed by atoms with Gasteiger partial charge in [0.2, 0.25) is 0 Å². The zero-order chi connectivity index (χ0) is 44.1. The van der Waals surface area contributed by atoms with Gasteiger partial charge in [-0.2, -0.15) is 5.26 Å². The molecule has 0 spiro atoms. The molecule has 0 radical (unpaired) electrons. The number of benzene rings is 5. The Morgan fingerprint density at radius 2 is 1.21 bits per heavy atom. The summed E-state index contributed by atoms with van der Waals surface area (Å²) in [5.74, 6) is 1.08. The first-order valence-electron chi connectivity index (χ1n) is 21.1. The molecule has 5 aromatic carbocycles. The number of carbonyl (C=O) groups excluding carboxylic acids is 2. The van der Waals surface area contributed by atoms with E-state index in [0.717, 1.165) is 28.2 Å². The molecule has 0 aromatic heterocycles. The Kier molecular flexibility index (Phi) is 16.4. The summed E-state index contributed by atoms with van der Waals surface area (Å²) in [6.45, 7) is 9.99. The highest BCUT2D eigenvalue weighted by atomic mass is 31.2. The van der Waals surface area contributed by atoms with Crippen molar-refractivity contribution in [1.82, 2.24) is 9.99 Å². The lowest BCUT2D eigenvalue weighted by molar-refractivity contribution is 0.00878. The minimum atomic E-state index is -1.38. The molecule has 6 rings (SSSR count). The Morgan fingerprint density at radius 3 is 1.79 bits per heavy atom. The van der Waals surface area contributed by atoms with Crippen LogP contribution in [0, 0.1) is 11.3 Å². The second-order valence-electron chi connectivity index (χ2n) is 15.5. The fourth-order valence-electron chi connectivity index (χ4n) is 7.89. The number of anilines is 1. The molecule has 0 heterocycles. The van der Waals surface area contributed by atoms with Crippen LogP contribution in [0.3, 0.4) is 0 Å². The van der Waals surface area contributed by atoms with E-state index in [4.69, 9.17) is 28.5 Å². The van der Waals surface area contributed by atoms with Crippen LogP contribution < -0.4 is 20.1 Å². The van der Waals surface area contributed by atoms with E-state index < -0.39 is 20.3 Å². The molecular formula is C50H57N4O7P. The van der Waals surface area contributed by atoms with E-state index in [-0.39, 0.29) is 36.7 Å². The lowest BCUT2D eigenvalue weighted by Gasteiger charge is -2.37. The van der Waals surface area contributed by atoms with Crippen LogP contribution in [0.5, 0.6) is 11.5 Å². The van der Waals surface area contributed by atoms with Gasteiger partial charge in [0.05, 0.1) is 58.3 Å². The number of nitrogens with one attached hydrogen (secondary N) is 2. The molecule has 324 valence electrons. The highest BCUT2D eigenvalue weighted by Gasteiger charge is 2.38. The van der Waals surface area contributed by atoms with Gasteiger partial charge in [-0.25, -0.2) is 4.67 Å². The standard InChI is InChI=1S/C50H57N4O7P/c1-35(2)54(36(3)4)62(60-32-13-30-51)61-33-14-31-52-46(53-45-20-12-19-44-47(45)49(56)43-18-11-10-17-42(43)48(44)55)29-34-59-50(37-15-8-7-9-16-37,38-21-25-40(57-5)26-22-38)39-23-27-41(58-6)28-24-39/h7-12,15-28,35-36,46,52-53H,13-14,29,31-34H2,1-6H3. The van der Waals surface area contributed by atoms with Crippen molar-refractivity contribution in [3.8, 4) is 17.6 Å². The van der Waals surface area contributed by atoms with Crippen LogP contribution in [-0.4, -0.2) is 75.1 Å². The predicted molar refractivity (Wildman–Crippen MR) is 244 cm³/mol. The van der Waals surface area contributed by atoms with E-state index in [2.05, 4.69) is 61.2 Å². The Balaban J connectivity index is 1.29. The van der Waals surface area contributed by atoms with Gasteiger partial charge < -0.3 is 28.6 Å². The Hall–Kier alpha value is -5.44. The molecule has 2 N–H and O–H groups in total. The molecule has 1 aliphatic carbocycles. The van der Waals surface area contributed by atoms with Crippen LogP contribution in [0.2, 0.25) is 0 Å². The average Bonchev–Trinajstić information content (AvgIpc) is 3.29. The molecule has 2 atom stereocenters. The summed E-state index contributed by atoms with van der Waals surface area (Å²) in [4.78, 5) is 27.8. The quantitative estimate of drug-likeness (QED) is 0.0276. The summed E-state index contributed by atoms with van der Waals surface area (Å²) in [5.41, 5.74) is 3.81. The lowest BCUT2D eigenvalue weighted by Crippen LogP contribution is -2.40. The maximum absolute atomic E-state index is 14.1. The first-order valence-corrected chi connectivity index (χ1v) is 22.3. The third-order valence-electron chi connectivity index (χ3n) is 10.8. The monoisotopic (exact) mass is 856 g/mol. The van der Waals surface area contributed by atoms with Crippen LogP contribution in [-0.2, 0) is 19.4 Å². The second-order valence-corrected chi connectivity index (χ2v) is 16.9. The van der Waals surface area contributed by atoms with E-state index in [1.54, 1.807) is 50.6 Å². The summed E-state index contributed by atoms with van der Waals surface area (Å²) in [6, 6.07) is 40.8. The number of ether oxygens (including phenoxy) is 3. The van der Waals surface area contributed by atoms with Gasteiger partial charge in [-0.15, -0.1) is 0 Å². The Bertz CT molecular complexity index is 2220. The lowest BCUT2D eigenvalue weighted by atomic mass is 9.80. The molecular weight excluding hydrogens is 800 g/mol. The van der Waals surface area contributed by atoms with Gasteiger partial charge in [0.25, 0.3) is 8.53 Å².